The average Bonchev–Trinajstić information content (AvgIpc) is 3.16. The van der Waals surface area contributed by atoms with Crippen molar-refractivity contribution >= 4 is 10.9 Å². The fourth-order valence-electron chi connectivity index (χ4n) is 2.58. The fourth-order valence-corrected chi connectivity index (χ4v) is 2.58. The van der Waals surface area contributed by atoms with Crippen LogP contribution < -0.4 is 5.32 Å². The number of hydrogen-bond acceptors (Lipinski definition) is 2. The van der Waals surface area contributed by atoms with E-state index in [1.54, 1.807) is 0 Å². The smallest absolute Gasteiger partial charge is 0.0608 e. The van der Waals surface area contributed by atoms with Crippen LogP contribution in [-0.4, -0.2) is 21.3 Å². The van der Waals surface area contributed by atoms with E-state index in [-0.39, 0.29) is 0 Å². The summed E-state index contributed by atoms with van der Waals surface area (Å²) in [4.78, 5) is 0. The Kier molecular flexibility index (Phi) is 3.57. The summed E-state index contributed by atoms with van der Waals surface area (Å²) >= 11 is 0. The molecule has 2 N–H and O–H groups in total. The predicted octanol–water partition coefficient (Wildman–Crippen LogP) is 3.05. The summed E-state index contributed by atoms with van der Waals surface area (Å²) in [6.07, 6.45) is 5.64. The highest BCUT2D eigenvalue weighted by atomic mass is 16.3. The number of nitrogens with zero attached hydrogens (tertiary/aromatic N) is 1. The highest BCUT2D eigenvalue weighted by Gasteiger charge is 2.21. The summed E-state index contributed by atoms with van der Waals surface area (Å²) in [7, 11) is 0. The standard InChI is InChI=1S/C17H24N2O/c1-17(2,20)9-10-19-12-13(11-18-14-7-8-14)15-5-3-4-6-16(15)19/h3-6,12,14,18,20H,7-11H2,1-2H3. The Morgan fingerprint density at radius 3 is 2.75 bits per heavy atom. The van der Waals surface area contributed by atoms with E-state index >= 15 is 0 Å². The van der Waals surface area contributed by atoms with Crippen LogP contribution in [0.4, 0.5) is 0 Å². The first kappa shape index (κ1) is 13.7. The zero-order valence-electron chi connectivity index (χ0n) is 12.4. The Morgan fingerprint density at radius 2 is 2.05 bits per heavy atom. The lowest BCUT2D eigenvalue weighted by molar-refractivity contribution is 0.0666. The number of aromatic nitrogens is 1. The van der Waals surface area contributed by atoms with Crippen molar-refractivity contribution in [2.45, 2.75) is 57.8 Å². The molecule has 3 heteroatoms. The van der Waals surface area contributed by atoms with Crippen molar-refractivity contribution < 1.29 is 5.11 Å². The molecule has 0 aliphatic heterocycles. The van der Waals surface area contributed by atoms with Gasteiger partial charge in [0.25, 0.3) is 0 Å². The maximum absolute atomic E-state index is 9.92. The van der Waals surface area contributed by atoms with Crippen LogP contribution in [0.2, 0.25) is 0 Å². The van der Waals surface area contributed by atoms with Crippen molar-refractivity contribution in [1.29, 1.82) is 0 Å². The Hall–Kier alpha value is -1.32. The van der Waals surface area contributed by atoms with Crippen molar-refractivity contribution in [3.8, 4) is 0 Å². The van der Waals surface area contributed by atoms with E-state index in [2.05, 4.69) is 40.3 Å². The molecule has 1 aliphatic carbocycles. The van der Waals surface area contributed by atoms with Gasteiger partial charge in [0.05, 0.1) is 5.60 Å². The topological polar surface area (TPSA) is 37.2 Å². The van der Waals surface area contributed by atoms with Crippen LogP contribution in [0, 0.1) is 0 Å². The van der Waals surface area contributed by atoms with Crippen molar-refractivity contribution in [2.24, 2.45) is 0 Å². The average molecular weight is 272 g/mol. The summed E-state index contributed by atoms with van der Waals surface area (Å²) in [5.41, 5.74) is 2.02. The fraction of sp³-hybridized carbons (Fsp3) is 0.529. The summed E-state index contributed by atoms with van der Waals surface area (Å²) in [5.74, 6) is 0. The Balaban J connectivity index is 1.83. The molecule has 1 fully saturated rings. The van der Waals surface area contributed by atoms with Gasteiger partial charge in [0, 0.05) is 36.2 Å². The SMILES string of the molecule is CC(C)(O)CCn1cc(CNC2CC2)c2ccccc21. The van der Waals surface area contributed by atoms with Crippen LogP contribution in [0.5, 0.6) is 0 Å². The van der Waals surface area contributed by atoms with Crippen molar-refractivity contribution in [3.05, 3.63) is 36.0 Å². The molecule has 1 aliphatic rings. The first-order chi connectivity index (χ1) is 9.53. The van der Waals surface area contributed by atoms with Crippen molar-refractivity contribution in [1.82, 2.24) is 9.88 Å². The Bertz CT molecular complexity index is 591. The third kappa shape index (κ3) is 3.22. The molecular weight excluding hydrogens is 248 g/mol. The highest BCUT2D eigenvalue weighted by Crippen LogP contribution is 2.25. The van der Waals surface area contributed by atoms with Gasteiger partial charge in [0.1, 0.15) is 0 Å². The molecule has 0 bridgehead atoms. The Labute approximate surface area is 120 Å². The van der Waals surface area contributed by atoms with Gasteiger partial charge in [0.2, 0.25) is 0 Å². The Morgan fingerprint density at radius 1 is 1.30 bits per heavy atom. The summed E-state index contributed by atoms with van der Waals surface area (Å²) in [6, 6.07) is 9.28. The van der Waals surface area contributed by atoms with Crippen LogP contribution >= 0.6 is 0 Å². The molecule has 0 atom stereocenters. The van der Waals surface area contributed by atoms with Gasteiger partial charge >= 0.3 is 0 Å². The van der Waals surface area contributed by atoms with E-state index in [0.717, 1.165) is 25.6 Å². The second kappa shape index (κ2) is 5.23. The lowest BCUT2D eigenvalue weighted by atomic mass is 10.1. The molecule has 0 saturated heterocycles. The maximum atomic E-state index is 9.92. The van der Waals surface area contributed by atoms with Gasteiger partial charge < -0.3 is 15.0 Å². The van der Waals surface area contributed by atoms with Gasteiger partial charge in [-0.05, 0) is 44.7 Å². The zero-order valence-corrected chi connectivity index (χ0v) is 12.4. The molecule has 0 unspecified atom stereocenters. The van der Waals surface area contributed by atoms with Gasteiger partial charge in [-0.1, -0.05) is 18.2 Å². The molecule has 0 amide bonds. The number of benzene rings is 1. The molecule has 1 aromatic carbocycles. The normalized spacial score (nSPS) is 15.9. The molecule has 0 spiro atoms. The number of rotatable bonds is 6. The molecule has 3 nitrogen and oxygen atoms in total. The molecule has 1 heterocycles. The van der Waals surface area contributed by atoms with E-state index in [0.29, 0.717) is 0 Å². The van der Waals surface area contributed by atoms with E-state index in [1.165, 1.54) is 29.3 Å². The van der Waals surface area contributed by atoms with Crippen LogP contribution in [0.25, 0.3) is 10.9 Å². The third-order valence-corrected chi connectivity index (χ3v) is 3.99. The summed E-state index contributed by atoms with van der Waals surface area (Å²) < 4.78 is 2.28. The number of fused-ring (bicyclic) bond motifs is 1. The minimum absolute atomic E-state index is 0.613. The molecular formula is C17H24N2O. The quantitative estimate of drug-likeness (QED) is 0.848. The van der Waals surface area contributed by atoms with Crippen LogP contribution in [0.15, 0.2) is 30.5 Å². The largest absolute Gasteiger partial charge is 0.390 e. The second-order valence-corrected chi connectivity index (χ2v) is 6.58. The summed E-state index contributed by atoms with van der Waals surface area (Å²) in [6.45, 7) is 5.54. The minimum Gasteiger partial charge on any atom is -0.390 e. The molecule has 0 radical (unpaired) electrons. The van der Waals surface area contributed by atoms with Crippen LogP contribution in [0.3, 0.4) is 0 Å². The third-order valence-electron chi connectivity index (χ3n) is 3.99. The number of hydrogen-bond donors (Lipinski definition) is 2. The van der Waals surface area contributed by atoms with E-state index < -0.39 is 5.60 Å². The number of aliphatic hydroxyl groups is 1. The molecule has 3 rings (SSSR count). The molecule has 20 heavy (non-hydrogen) atoms. The van der Waals surface area contributed by atoms with Crippen molar-refractivity contribution in [3.63, 3.8) is 0 Å². The molecule has 1 aromatic heterocycles. The lowest BCUT2D eigenvalue weighted by Crippen LogP contribution is -2.20. The van der Waals surface area contributed by atoms with Gasteiger partial charge in [-0.25, -0.2) is 0 Å². The second-order valence-electron chi connectivity index (χ2n) is 6.58. The first-order valence-corrected chi connectivity index (χ1v) is 7.55. The molecule has 1 saturated carbocycles. The van der Waals surface area contributed by atoms with Gasteiger partial charge in [-0.2, -0.15) is 0 Å². The maximum Gasteiger partial charge on any atom is 0.0608 e. The highest BCUT2D eigenvalue weighted by molar-refractivity contribution is 5.83. The molecule has 2 aromatic rings. The van der Waals surface area contributed by atoms with Crippen LogP contribution in [0.1, 0.15) is 38.7 Å². The van der Waals surface area contributed by atoms with E-state index in [9.17, 15) is 5.11 Å². The predicted molar refractivity (Wildman–Crippen MR) is 82.7 cm³/mol. The summed E-state index contributed by atoms with van der Waals surface area (Å²) in [5, 5.41) is 14.8. The lowest BCUT2D eigenvalue weighted by Gasteiger charge is -2.17. The van der Waals surface area contributed by atoms with Gasteiger partial charge in [-0.3, -0.25) is 0 Å². The monoisotopic (exact) mass is 272 g/mol. The van der Waals surface area contributed by atoms with Crippen LogP contribution in [-0.2, 0) is 13.1 Å². The van der Waals surface area contributed by atoms with Gasteiger partial charge in [-0.15, -0.1) is 0 Å². The minimum atomic E-state index is -0.613. The van der Waals surface area contributed by atoms with Crippen molar-refractivity contribution in [2.75, 3.05) is 0 Å². The first-order valence-electron chi connectivity index (χ1n) is 7.55. The van der Waals surface area contributed by atoms with Gasteiger partial charge in [0.15, 0.2) is 0 Å². The zero-order chi connectivity index (χ0) is 14.2. The number of aryl methyl sites for hydroxylation is 1. The number of nitrogens with one attached hydrogen (secondary N) is 1. The van der Waals surface area contributed by atoms with E-state index in [4.69, 9.17) is 0 Å². The molecule has 108 valence electrons. The van der Waals surface area contributed by atoms with E-state index in [1.807, 2.05) is 13.8 Å². The number of para-hydroxylation sites is 1.